The van der Waals surface area contributed by atoms with Crippen LogP contribution in [0.5, 0.6) is 0 Å². The molecule has 1 aliphatic heterocycles. The van der Waals surface area contributed by atoms with Crippen molar-refractivity contribution in [2.45, 2.75) is 25.8 Å². The number of anilines is 1. The van der Waals surface area contributed by atoms with Crippen LogP contribution >= 0.6 is 0 Å². The van der Waals surface area contributed by atoms with E-state index in [1.54, 1.807) is 0 Å². The van der Waals surface area contributed by atoms with E-state index in [1.165, 1.54) is 23.4 Å². The summed E-state index contributed by atoms with van der Waals surface area (Å²) in [5.41, 5.74) is 4.12. The van der Waals surface area contributed by atoms with Crippen LogP contribution in [0, 0.1) is 0 Å². The topological polar surface area (TPSA) is 33.1 Å². The maximum absolute atomic E-state index is 4.25. The first-order valence-corrected chi connectivity index (χ1v) is 7.83. The Balaban J connectivity index is 1.75. The van der Waals surface area contributed by atoms with Crippen LogP contribution in [0.25, 0.3) is 0 Å². The molecule has 1 atom stereocenters. The fourth-order valence-electron chi connectivity index (χ4n) is 3.22. The first-order chi connectivity index (χ1) is 10.3. The van der Waals surface area contributed by atoms with Gasteiger partial charge in [-0.3, -0.25) is 4.68 Å². The molecule has 2 aromatic rings. The lowest BCUT2D eigenvalue weighted by molar-refractivity contribution is 0.489. The van der Waals surface area contributed by atoms with Gasteiger partial charge in [-0.1, -0.05) is 25.1 Å². The third kappa shape index (κ3) is 2.95. The predicted molar refractivity (Wildman–Crippen MR) is 86.6 cm³/mol. The molecule has 0 spiro atoms. The third-order valence-electron chi connectivity index (χ3n) is 4.35. The zero-order valence-electron chi connectivity index (χ0n) is 12.9. The predicted octanol–water partition coefficient (Wildman–Crippen LogP) is 2.52. The number of hydrogen-bond donors (Lipinski definition) is 1. The Bertz CT molecular complexity index is 590. The molecule has 0 saturated carbocycles. The van der Waals surface area contributed by atoms with Crippen molar-refractivity contribution in [3.63, 3.8) is 0 Å². The molecule has 0 bridgehead atoms. The largest absolute Gasteiger partial charge is 0.371 e. The van der Waals surface area contributed by atoms with Gasteiger partial charge in [0.05, 0.1) is 0 Å². The molecule has 0 aliphatic carbocycles. The number of aromatic nitrogens is 2. The normalized spacial score (nSPS) is 17.8. The molecular weight excluding hydrogens is 260 g/mol. The van der Waals surface area contributed by atoms with Crippen LogP contribution in [-0.4, -0.2) is 29.4 Å². The zero-order valence-corrected chi connectivity index (χ0v) is 12.9. The Morgan fingerprint density at radius 3 is 2.90 bits per heavy atom. The van der Waals surface area contributed by atoms with Crippen molar-refractivity contribution in [3.8, 4) is 0 Å². The highest BCUT2D eigenvalue weighted by Crippen LogP contribution is 2.33. The van der Waals surface area contributed by atoms with Crippen LogP contribution in [-0.2, 0) is 13.5 Å². The van der Waals surface area contributed by atoms with Crippen LogP contribution in [0.1, 0.15) is 30.6 Å². The number of nitrogens with zero attached hydrogens (tertiary/aromatic N) is 3. The van der Waals surface area contributed by atoms with E-state index in [9.17, 15) is 0 Å². The Kier molecular flexibility index (Phi) is 4.25. The molecule has 1 N–H and O–H groups in total. The van der Waals surface area contributed by atoms with Gasteiger partial charge in [0.15, 0.2) is 0 Å². The van der Waals surface area contributed by atoms with Gasteiger partial charge in [-0.2, -0.15) is 5.10 Å². The van der Waals surface area contributed by atoms with Gasteiger partial charge in [-0.15, -0.1) is 0 Å². The lowest BCUT2D eigenvalue weighted by atomic mass is 9.96. The molecule has 3 rings (SSSR count). The lowest BCUT2D eigenvalue weighted by Crippen LogP contribution is -2.37. The van der Waals surface area contributed by atoms with Crippen molar-refractivity contribution >= 4 is 5.69 Å². The van der Waals surface area contributed by atoms with Gasteiger partial charge in [-0.25, -0.2) is 0 Å². The summed E-state index contributed by atoms with van der Waals surface area (Å²) in [6.07, 6.45) is 4.09. The Morgan fingerprint density at radius 2 is 2.14 bits per heavy atom. The van der Waals surface area contributed by atoms with E-state index in [2.05, 4.69) is 52.6 Å². The minimum Gasteiger partial charge on any atom is -0.371 e. The minimum atomic E-state index is 0.499. The molecule has 4 nitrogen and oxygen atoms in total. The van der Waals surface area contributed by atoms with Crippen molar-refractivity contribution in [2.24, 2.45) is 7.05 Å². The zero-order chi connectivity index (χ0) is 14.7. The van der Waals surface area contributed by atoms with Crippen molar-refractivity contribution in [2.75, 3.05) is 24.5 Å². The van der Waals surface area contributed by atoms with Gasteiger partial charge in [0.1, 0.15) is 0 Å². The number of para-hydroxylation sites is 1. The Labute approximate surface area is 126 Å². The average Bonchev–Trinajstić information content (AvgIpc) is 2.92. The Morgan fingerprint density at radius 1 is 1.29 bits per heavy atom. The van der Waals surface area contributed by atoms with Crippen molar-refractivity contribution in [3.05, 3.63) is 47.8 Å². The molecule has 4 heteroatoms. The number of rotatable bonds is 5. The Hall–Kier alpha value is -1.81. The molecule has 2 heterocycles. The molecule has 0 radical (unpaired) electrons. The second kappa shape index (κ2) is 6.31. The van der Waals surface area contributed by atoms with Gasteiger partial charge in [0, 0.05) is 50.2 Å². The van der Waals surface area contributed by atoms with Gasteiger partial charge in [-0.05, 0) is 30.7 Å². The maximum atomic E-state index is 4.25. The molecule has 1 aliphatic rings. The average molecular weight is 284 g/mol. The van der Waals surface area contributed by atoms with E-state index >= 15 is 0 Å². The van der Waals surface area contributed by atoms with E-state index < -0.39 is 0 Å². The molecule has 112 valence electrons. The summed E-state index contributed by atoms with van der Waals surface area (Å²) in [5, 5.41) is 7.85. The van der Waals surface area contributed by atoms with Gasteiger partial charge >= 0.3 is 0 Å². The highest BCUT2D eigenvalue weighted by molar-refractivity contribution is 5.57. The summed E-state index contributed by atoms with van der Waals surface area (Å²) >= 11 is 0. The summed E-state index contributed by atoms with van der Waals surface area (Å²) in [4.78, 5) is 2.51. The summed E-state index contributed by atoms with van der Waals surface area (Å²) in [7, 11) is 2.01. The van der Waals surface area contributed by atoms with Crippen LogP contribution in [0.4, 0.5) is 5.69 Å². The molecule has 21 heavy (non-hydrogen) atoms. The van der Waals surface area contributed by atoms with Crippen molar-refractivity contribution in [1.82, 2.24) is 15.1 Å². The molecule has 0 fully saturated rings. The summed E-state index contributed by atoms with van der Waals surface area (Å²) in [6.45, 7) is 5.37. The smallest absolute Gasteiger partial charge is 0.0492 e. The second-order valence-corrected chi connectivity index (χ2v) is 5.64. The molecule has 1 unspecified atom stereocenters. The van der Waals surface area contributed by atoms with Crippen LogP contribution in [0.3, 0.4) is 0 Å². The number of fused-ring (bicyclic) bond motifs is 1. The minimum absolute atomic E-state index is 0.499. The number of benzene rings is 1. The third-order valence-corrected chi connectivity index (χ3v) is 4.35. The molecule has 0 amide bonds. The van der Waals surface area contributed by atoms with Gasteiger partial charge in [0.2, 0.25) is 0 Å². The monoisotopic (exact) mass is 284 g/mol. The van der Waals surface area contributed by atoms with Crippen LogP contribution in [0.2, 0.25) is 0 Å². The first-order valence-electron chi connectivity index (χ1n) is 7.83. The van der Waals surface area contributed by atoms with Crippen molar-refractivity contribution < 1.29 is 0 Å². The molecule has 1 aromatic carbocycles. The second-order valence-electron chi connectivity index (χ2n) is 5.64. The number of hydrogen-bond acceptors (Lipinski definition) is 3. The standard InChI is InChI=1S/C17H24N4/c1-3-18-16-10-13-21(17-7-5-4-6-15(16)17)12-9-14-8-11-19-20(14)2/h4-8,11,16,18H,3,9-10,12-13H2,1-2H3. The number of nitrogens with one attached hydrogen (secondary N) is 1. The molecular formula is C17H24N4. The van der Waals surface area contributed by atoms with Gasteiger partial charge < -0.3 is 10.2 Å². The van der Waals surface area contributed by atoms with E-state index in [1.807, 2.05) is 17.9 Å². The van der Waals surface area contributed by atoms with E-state index in [0.717, 1.165) is 26.1 Å². The quantitative estimate of drug-likeness (QED) is 0.916. The molecule has 0 saturated heterocycles. The summed E-state index contributed by atoms with van der Waals surface area (Å²) < 4.78 is 1.97. The summed E-state index contributed by atoms with van der Waals surface area (Å²) in [5.74, 6) is 0. The van der Waals surface area contributed by atoms with Crippen molar-refractivity contribution in [1.29, 1.82) is 0 Å². The number of aryl methyl sites for hydroxylation is 1. The van der Waals surface area contributed by atoms with E-state index in [4.69, 9.17) is 0 Å². The van der Waals surface area contributed by atoms with E-state index in [0.29, 0.717) is 6.04 Å². The lowest BCUT2D eigenvalue weighted by Gasteiger charge is -2.36. The first kappa shape index (κ1) is 14.1. The fourth-order valence-corrected chi connectivity index (χ4v) is 3.22. The molecule has 1 aromatic heterocycles. The highest BCUT2D eigenvalue weighted by Gasteiger charge is 2.23. The highest BCUT2D eigenvalue weighted by atomic mass is 15.3. The summed E-state index contributed by atoms with van der Waals surface area (Å²) in [6, 6.07) is 11.4. The van der Waals surface area contributed by atoms with E-state index in [-0.39, 0.29) is 0 Å². The fraction of sp³-hybridized carbons (Fsp3) is 0.471. The maximum Gasteiger partial charge on any atom is 0.0492 e. The van der Waals surface area contributed by atoms with Crippen LogP contribution < -0.4 is 10.2 Å². The van der Waals surface area contributed by atoms with Crippen LogP contribution in [0.15, 0.2) is 36.5 Å². The SMILES string of the molecule is CCNC1CCN(CCc2ccnn2C)c2ccccc21. The van der Waals surface area contributed by atoms with Gasteiger partial charge in [0.25, 0.3) is 0 Å².